The summed E-state index contributed by atoms with van der Waals surface area (Å²) in [7, 11) is 0. The van der Waals surface area contributed by atoms with Crippen LogP contribution in [0.2, 0.25) is 0 Å². The predicted molar refractivity (Wildman–Crippen MR) is 75.7 cm³/mol. The van der Waals surface area contributed by atoms with Crippen molar-refractivity contribution in [3.63, 3.8) is 0 Å². The zero-order valence-corrected chi connectivity index (χ0v) is 10.9. The Morgan fingerprint density at radius 1 is 1.37 bits per heavy atom. The first-order valence-electron chi connectivity index (χ1n) is 6.00. The number of hydrogen-bond acceptors (Lipinski definition) is 5. The van der Waals surface area contributed by atoms with Crippen LogP contribution in [0, 0.1) is 10.1 Å². The van der Waals surface area contributed by atoms with Crippen molar-refractivity contribution in [3.8, 4) is 0 Å². The topological polar surface area (TPSA) is 79.9 Å². The molecule has 1 aliphatic carbocycles. The fourth-order valence-corrected chi connectivity index (χ4v) is 2.51. The summed E-state index contributed by atoms with van der Waals surface area (Å²) in [6.45, 7) is 0. The van der Waals surface area contributed by atoms with Gasteiger partial charge >= 0.3 is 0 Å². The molecule has 0 unspecified atom stereocenters. The van der Waals surface area contributed by atoms with E-state index in [-0.39, 0.29) is 5.69 Å². The number of thioether (sulfide) groups is 1. The molecule has 1 aliphatic heterocycles. The maximum absolute atomic E-state index is 10.6. The van der Waals surface area contributed by atoms with Gasteiger partial charge in [0.15, 0.2) is 5.17 Å². The second-order valence-corrected chi connectivity index (χ2v) is 5.39. The van der Waals surface area contributed by atoms with E-state index < -0.39 is 4.92 Å². The molecule has 2 aliphatic rings. The molecular formula is C12H12N4O2S. The molecule has 0 aromatic heterocycles. The van der Waals surface area contributed by atoms with Crippen LogP contribution in [-0.4, -0.2) is 27.6 Å². The molecule has 7 heteroatoms. The molecule has 0 radical (unpaired) electrons. The molecule has 98 valence electrons. The van der Waals surface area contributed by atoms with Gasteiger partial charge in [-0.15, -0.1) is 0 Å². The minimum Gasteiger partial charge on any atom is -0.258 e. The van der Waals surface area contributed by atoms with Gasteiger partial charge in [0.2, 0.25) is 0 Å². The highest BCUT2D eigenvalue weighted by molar-refractivity contribution is 8.14. The Morgan fingerprint density at radius 3 is 2.63 bits per heavy atom. The Morgan fingerprint density at radius 2 is 2.11 bits per heavy atom. The Bertz CT molecular complexity index is 564. The van der Waals surface area contributed by atoms with Gasteiger partial charge in [-0.3, -0.25) is 20.5 Å². The third kappa shape index (κ3) is 2.93. The van der Waals surface area contributed by atoms with Crippen LogP contribution >= 0.6 is 11.8 Å². The van der Waals surface area contributed by atoms with E-state index in [9.17, 15) is 10.1 Å². The number of nitro benzene ring substituents is 1. The van der Waals surface area contributed by atoms with Crippen LogP contribution in [0.5, 0.6) is 0 Å². The van der Waals surface area contributed by atoms with Crippen molar-refractivity contribution >= 4 is 28.3 Å². The van der Waals surface area contributed by atoms with Crippen molar-refractivity contribution in [2.75, 3.05) is 5.75 Å². The van der Waals surface area contributed by atoms with Crippen LogP contribution in [0.1, 0.15) is 18.4 Å². The molecule has 19 heavy (non-hydrogen) atoms. The maximum Gasteiger partial charge on any atom is 0.269 e. The van der Waals surface area contributed by atoms with Gasteiger partial charge in [-0.1, -0.05) is 11.8 Å². The molecule has 1 saturated carbocycles. The van der Waals surface area contributed by atoms with Gasteiger partial charge in [0.05, 0.1) is 16.7 Å². The maximum atomic E-state index is 10.6. The summed E-state index contributed by atoms with van der Waals surface area (Å²) < 4.78 is 0. The molecule has 1 heterocycles. The van der Waals surface area contributed by atoms with Gasteiger partial charge < -0.3 is 0 Å². The Hall–Kier alpha value is -1.89. The zero-order chi connectivity index (χ0) is 13.2. The van der Waals surface area contributed by atoms with Crippen LogP contribution in [-0.2, 0) is 0 Å². The number of amidine groups is 1. The standard InChI is InChI=1S/C12H12N4O2S/c17-16(18)10-5-1-8(2-6-10)11-7-19-12(15-14-11)13-9-3-4-9/h1-2,5-6,9H,3-4,7H2,(H,13,15). The number of hydrogen-bond donors (Lipinski definition) is 1. The van der Waals surface area contributed by atoms with Crippen LogP contribution in [0.25, 0.3) is 0 Å². The smallest absolute Gasteiger partial charge is 0.258 e. The van der Waals surface area contributed by atoms with Crippen LogP contribution in [0.4, 0.5) is 5.69 Å². The normalized spacial score (nSPS) is 20.8. The summed E-state index contributed by atoms with van der Waals surface area (Å²) in [5, 5.41) is 15.7. The van der Waals surface area contributed by atoms with Gasteiger partial charge in [0.25, 0.3) is 5.69 Å². The van der Waals surface area contributed by atoms with Crippen LogP contribution in [0.3, 0.4) is 0 Å². The van der Waals surface area contributed by atoms with Crippen molar-refractivity contribution < 1.29 is 4.92 Å². The molecule has 0 saturated heterocycles. The van der Waals surface area contributed by atoms with Gasteiger partial charge in [0.1, 0.15) is 0 Å². The Labute approximate surface area is 114 Å². The SMILES string of the molecule is O=[N+]([O-])c1ccc(C2=NNC(=NC3CC3)SC2)cc1. The highest BCUT2D eigenvalue weighted by Crippen LogP contribution is 2.25. The molecule has 0 atom stereocenters. The lowest BCUT2D eigenvalue weighted by atomic mass is 10.1. The zero-order valence-electron chi connectivity index (χ0n) is 10.1. The average molecular weight is 276 g/mol. The van der Waals surface area contributed by atoms with E-state index in [1.807, 2.05) is 0 Å². The average Bonchev–Trinajstić information content (AvgIpc) is 3.24. The number of benzene rings is 1. The molecule has 1 aromatic rings. The lowest BCUT2D eigenvalue weighted by Crippen LogP contribution is -2.25. The first kappa shape index (κ1) is 12.2. The van der Waals surface area contributed by atoms with Gasteiger partial charge in [0, 0.05) is 17.9 Å². The lowest BCUT2D eigenvalue weighted by molar-refractivity contribution is -0.384. The second-order valence-electron chi connectivity index (χ2n) is 4.43. The van der Waals surface area contributed by atoms with Gasteiger partial charge in [-0.05, 0) is 30.5 Å². The minimum absolute atomic E-state index is 0.0942. The first-order chi connectivity index (χ1) is 9.22. The second kappa shape index (κ2) is 5.00. The van der Waals surface area contributed by atoms with E-state index in [1.165, 1.54) is 25.0 Å². The fourth-order valence-electron chi connectivity index (χ4n) is 1.68. The minimum atomic E-state index is -0.403. The number of nitrogens with one attached hydrogen (secondary N) is 1. The summed E-state index contributed by atoms with van der Waals surface area (Å²) in [6.07, 6.45) is 2.34. The van der Waals surface area contributed by atoms with Crippen LogP contribution in [0.15, 0.2) is 34.4 Å². The fraction of sp³-hybridized carbons (Fsp3) is 0.333. The van der Waals surface area contributed by atoms with E-state index in [0.29, 0.717) is 6.04 Å². The summed E-state index contributed by atoms with van der Waals surface area (Å²) in [4.78, 5) is 14.7. The number of nitrogens with zero attached hydrogens (tertiary/aromatic N) is 3. The molecule has 0 bridgehead atoms. The van der Waals surface area contributed by atoms with Crippen molar-refractivity contribution in [2.45, 2.75) is 18.9 Å². The summed E-state index contributed by atoms with van der Waals surface area (Å²) >= 11 is 1.62. The van der Waals surface area contributed by atoms with Crippen molar-refractivity contribution in [3.05, 3.63) is 39.9 Å². The lowest BCUT2D eigenvalue weighted by Gasteiger charge is -2.14. The highest BCUT2D eigenvalue weighted by Gasteiger charge is 2.22. The number of nitro groups is 1. The number of non-ortho nitro benzene ring substituents is 1. The number of hydrazone groups is 1. The molecule has 1 aromatic carbocycles. The number of rotatable bonds is 3. The largest absolute Gasteiger partial charge is 0.269 e. The molecular weight excluding hydrogens is 264 g/mol. The van der Waals surface area contributed by atoms with E-state index >= 15 is 0 Å². The van der Waals surface area contributed by atoms with E-state index in [4.69, 9.17) is 0 Å². The van der Waals surface area contributed by atoms with Gasteiger partial charge in [-0.2, -0.15) is 5.10 Å². The third-order valence-electron chi connectivity index (χ3n) is 2.89. The summed E-state index contributed by atoms with van der Waals surface area (Å²) in [6, 6.07) is 6.92. The third-order valence-corrected chi connectivity index (χ3v) is 3.78. The summed E-state index contributed by atoms with van der Waals surface area (Å²) in [5.74, 6) is 0.733. The number of aliphatic imine (C=N–C) groups is 1. The molecule has 3 rings (SSSR count). The Kier molecular flexibility index (Phi) is 3.20. The quantitative estimate of drug-likeness (QED) is 0.677. The Balaban J connectivity index is 1.72. The summed E-state index contributed by atoms with van der Waals surface area (Å²) in [5.41, 5.74) is 4.82. The monoisotopic (exact) mass is 276 g/mol. The molecule has 1 N–H and O–H groups in total. The van der Waals surface area contributed by atoms with Crippen molar-refractivity contribution in [1.29, 1.82) is 0 Å². The van der Waals surface area contributed by atoms with E-state index in [2.05, 4.69) is 15.5 Å². The van der Waals surface area contributed by atoms with Gasteiger partial charge in [-0.25, -0.2) is 0 Å². The van der Waals surface area contributed by atoms with Crippen molar-refractivity contribution in [1.82, 2.24) is 5.43 Å². The molecule has 0 spiro atoms. The first-order valence-corrected chi connectivity index (χ1v) is 6.99. The molecule has 6 nitrogen and oxygen atoms in total. The molecule has 0 amide bonds. The molecule has 1 fully saturated rings. The van der Waals surface area contributed by atoms with E-state index in [1.54, 1.807) is 23.9 Å². The van der Waals surface area contributed by atoms with Crippen molar-refractivity contribution in [2.24, 2.45) is 10.1 Å². The highest BCUT2D eigenvalue weighted by atomic mass is 32.2. The van der Waals surface area contributed by atoms with E-state index in [0.717, 1.165) is 22.2 Å². The van der Waals surface area contributed by atoms with Crippen LogP contribution < -0.4 is 5.43 Å². The predicted octanol–water partition coefficient (Wildman–Crippen LogP) is 2.15.